The van der Waals surface area contributed by atoms with Gasteiger partial charge in [-0.1, -0.05) is 26.8 Å². The van der Waals surface area contributed by atoms with Crippen molar-refractivity contribution in [3.05, 3.63) is 47.8 Å². The van der Waals surface area contributed by atoms with E-state index >= 15 is 0 Å². The summed E-state index contributed by atoms with van der Waals surface area (Å²) >= 11 is 0. The average molecular weight is 480 g/mol. The summed E-state index contributed by atoms with van der Waals surface area (Å²) in [7, 11) is 0. The van der Waals surface area contributed by atoms with Crippen molar-refractivity contribution < 1.29 is 27.8 Å². The number of nitrogens with zero attached hydrogens (tertiary/aromatic N) is 2. The van der Waals surface area contributed by atoms with Crippen LogP contribution in [0.25, 0.3) is 0 Å². The molecule has 0 bridgehead atoms. The van der Waals surface area contributed by atoms with Crippen LogP contribution < -0.4 is 10.2 Å². The van der Waals surface area contributed by atoms with Crippen LogP contribution in [-0.4, -0.2) is 41.9 Å². The zero-order chi connectivity index (χ0) is 24.9. The predicted molar refractivity (Wildman–Crippen MR) is 126 cm³/mol. The van der Waals surface area contributed by atoms with Gasteiger partial charge in [-0.15, -0.1) is 0 Å². The molecule has 1 aliphatic heterocycles. The van der Waals surface area contributed by atoms with Crippen molar-refractivity contribution in [3.8, 4) is 0 Å². The second-order valence-electron chi connectivity index (χ2n) is 9.22. The smallest absolute Gasteiger partial charge is 0.433 e. The van der Waals surface area contributed by atoms with Crippen LogP contribution in [0.2, 0.25) is 0 Å². The van der Waals surface area contributed by atoms with E-state index in [0.717, 1.165) is 36.7 Å². The van der Waals surface area contributed by atoms with Crippen LogP contribution in [0.3, 0.4) is 0 Å². The fourth-order valence-corrected chi connectivity index (χ4v) is 4.22. The van der Waals surface area contributed by atoms with Gasteiger partial charge in [0.15, 0.2) is 0 Å². The lowest BCUT2D eigenvalue weighted by atomic mass is 9.95. The average Bonchev–Trinajstić information content (AvgIpc) is 2.77. The van der Waals surface area contributed by atoms with Gasteiger partial charge in [-0.2, -0.15) is 13.2 Å². The van der Waals surface area contributed by atoms with Crippen molar-refractivity contribution in [2.75, 3.05) is 30.0 Å². The van der Waals surface area contributed by atoms with Crippen LogP contribution in [-0.2, 0) is 15.7 Å². The van der Waals surface area contributed by atoms with Gasteiger partial charge in [0.05, 0.1) is 29.7 Å². The number of carboxylic acids is 1. The predicted octanol–water partition coefficient (Wildman–Crippen LogP) is 6.06. The van der Waals surface area contributed by atoms with Crippen molar-refractivity contribution in [2.24, 2.45) is 5.92 Å². The Balaban J connectivity index is 2.00. The highest BCUT2D eigenvalue weighted by molar-refractivity contribution is 5.77. The number of nitrogens with one attached hydrogen (secondary N) is 1. The van der Waals surface area contributed by atoms with Gasteiger partial charge in [0, 0.05) is 25.8 Å². The molecular weight excluding hydrogens is 447 g/mol. The van der Waals surface area contributed by atoms with Gasteiger partial charge in [-0.3, -0.25) is 4.79 Å². The fraction of sp³-hybridized carbons (Fsp3) is 0.520. The molecule has 0 saturated carbocycles. The number of pyridine rings is 1. The number of carbonyl (C=O) groups is 1. The third-order valence-electron chi connectivity index (χ3n) is 5.91. The summed E-state index contributed by atoms with van der Waals surface area (Å²) in [4.78, 5) is 17.1. The molecule has 2 N–H and O–H groups in total. The number of aromatic nitrogens is 1. The maximum atomic E-state index is 12.9. The third-order valence-corrected chi connectivity index (χ3v) is 5.91. The number of alkyl halides is 3. The summed E-state index contributed by atoms with van der Waals surface area (Å²) in [6.07, 6.45) is -1.60. The van der Waals surface area contributed by atoms with Crippen LogP contribution in [0.15, 0.2) is 36.5 Å². The van der Waals surface area contributed by atoms with Crippen LogP contribution in [0, 0.1) is 5.92 Å². The number of anilines is 3. The molecule has 1 aromatic carbocycles. The largest absolute Gasteiger partial charge is 0.481 e. The molecule has 2 aromatic rings. The van der Waals surface area contributed by atoms with E-state index in [1.807, 2.05) is 25.1 Å². The summed E-state index contributed by atoms with van der Waals surface area (Å²) in [5.74, 6) is -0.727. The number of rotatable bonds is 9. The summed E-state index contributed by atoms with van der Waals surface area (Å²) in [5.41, 5.74) is 1.94. The van der Waals surface area contributed by atoms with Gasteiger partial charge in [0.2, 0.25) is 0 Å². The molecule has 0 aliphatic carbocycles. The molecule has 6 nitrogen and oxygen atoms in total. The van der Waals surface area contributed by atoms with Crippen LogP contribution >= 0.6 is 0 Å². The first kappa shape index (κ1) is 25.8. The summed E-state index contributed by atoms with van der Waals surface area (Å²) in [6, 6.07) is 8.38. The van der Waals surface area contributed by atoms with E-state index in [1.165, 1.54) is 12.3 Å². The minimum Gasteiger partial charge on any atom is -0.481 e. The molecule has 0 spiro atoms. The number of hydrogen-bond donors (Lipinski definition) is 2. The maximum Gasteiger partial charge on any atom is 0.433 e. The van der Waals surface area contributed by atoms with Crippen molar-refractivity contribution >= 4 is 23.0 Å². The van der Waals surface area contributed by atoms with Gasteiger partial charge < -0.3 is 20.1 Å². The first-order chi connectivity index (χ1) is 16.0. The maximum absolute atomic E-state index is 12.9. The Morgan fingerprint density at radius 3 is 2.47 bits per heavy atom. The topological polar surface area (TPSA) is 74.7 Å². The molecule has 1 aromatic heterocycles. The Hall–Kier alpha value is -2.81. The fourth-order valence-electron chi connectivity index (χ4n) is 4.22. The Kier molecular flexibility index (Phi) is 8.41. The monoisotopic (exact) mass is 479 g/mol. The standard InChI is InChI=1S/C25H32F3N3O3/c1-16(2)15-31(20-8-10-34-11-9-20)22-6-4-18(17(3)12-24(32)33)13-21(22)30-19-5-7-23(29-14-19)25(26,27)28/h4-7,13-14,16-17,20,30H,8-12,15H2,1-3H3,(H,32,33)/t17-/m1/s1. The van der Waals surface area contributed by atoms with Crippen LogP contribution in [0.1, 0.15) is 57.2 Å². The molecule has 3 rings (SSSR count). The lowest BCUT2D eigenvalue weighted by molar-refractivity contribution is -0.141. The Morgan fingerprint density at radius 1 is 1.21 bits per heavy atom. The van der Waals surface area contributed by atoms with Gasteiger partial charge >= 0.3 is 12.1 Å². The van der Waals surface area contributed by atoms with E-state index in [0.29, 0.717) is 30.5 Å². The first-order valence-electron chi connectivity index (χ1n) is 11.5. The molecule has 1 fully saturated rings. The van der Waals surface area contributed by atoms with Gasteiger partial charge in [0.25, 0.3) is 0 Å². The van der Waals surface area contributed by atoms with Crippen molar-refractivity contribution in [1.82, 2.24) is 4.98 Å². The van der Waals surface area contributed by atoms with E-state index in [9.17, 15) is 23.1 Å². The minimum absolute atomic E-state index is 0.0176. The molecule has 0 amide bonds. The molecule has 1 aliphatic rings. The minimum atomic E-state index is -4.51. The highest BCUT2D eigenvalue weighted by Crippen LogP contribution is 2.36. The number of aliphatic carboxylic acids is 1. The third kappa shape index (κ3) is 6.85. The first-order valence-corrected chi connectivity index (χ1v) is 11.5. The molecule has 1 atom stereocenters. The summed E-state index contributed by atoms with van der Waals surface area (Å²) in [5, 5.41) is 12.5. The highest BCUT2D eigenvalue weighted by atomic mass is 19.4. The van der Waals surface area contributed by atoms with Crippen LogP contribution in [0.4, 0.5) is 30.2 Å². The molecule has 1 saturated heterocycles. The summed E-state index contributed by atoms with van der Waals surface area (Å²) in [6.45, 7) is 8.29. The van der Waals surface area contributed by atoms with Gasteiger partial charge in [-0.25, -0.2) is 4.98 Å². The zero-order valence-corrected chi connectivity index (χ0v) is 19.7. The number of ether oxygens (including phenoxy) is 1. The van der Waals surface area contributed by atoms with E-state index in [4.69, 9.17) is 4.74 Å². The normalized spacial score (nSPS) is 15.9. The molecule has 186 valence electrons. The number of benzene rings is 1. The Bertz CT molecular complexity index is 958. The van der Waals surface area contributed by atoms with Gasteiger partial charge in [0.1, 0.15) is 5.69 Å². The van der Waals surface area contributed by atoms with Crippen molar-refractivity contribution in [3.63, 3.8) is 0 Å². The lowest BCUT2D eigenvalue weighted by Crippen LogP contribution is -2.42. The molecule has 34 heavy (non-hydrogen) atoms. The van der Waals surface area contributed by atoms with E-state index < -0.39 is 17.8 Å². The second-order valence-corrected chi connectivity index (χ2v) is 9.22. The van der Waals surface area contributed by atoms with Crippen LogP contribution in [0.5, 0.6) is 0 Å². The lowest BCUT2D eigenvalue weighted by Gasteiger charge is -2.38. The van der Waals surface area contributed by atoms with Gasteiger partial charge in [-0.05, 0) is 54.5 Å². The molecular formula is C25H32F3N3O3. The van der Waals surface area contributed by atoms with E-state index in [1.54, 1.807) is 0 Å². The SMILES string of the molecule is CC(C)CN(c1ccc([C@H](C)CC(=O)O)cc1Nc1ccc(C(F)(F)F)nc1)C1CCOCC1. The second kappa shape index (κ2) is 11.1. The highest BCUT2D eigenvalue weighted by Gasteiger charge is 2.32. The van der Waals surface area contributed by atoms with E-state index in [-0.39, 0.29) is 18.4 Å². The number of carboxylic acid groups (broad SMARTS) is 1. The number of hydrogen-bond acceptors (Lipinski definition) is 5. The summed E-state index contributed by atoms with van der Waals surface area (Å²) < 4.78 is 44.4. The molecule has 0 unspecified atom stereocenters. The molecule has 2 heterocycles. The Morgan fingerprint density at radius 2 is 1.91 bits per heavy atom. The quantitative estimate of drug-likeness (QED) is 0.455. The Labute approximate surface area is 198 Å². The van der Waals surface area contributed by atoms with E-state index in [2.05, 4.69) is 29.0 Å². The number of halogens is 3. The molecule has 9 heteroatoms. The van der Waals surface area contributed by atoms with Crippen molar-refractivity contribution in [2.45, 2.75) is 58.2 Å². The zero-order valence-electron chi connectivity index (χ0n) is 19.7. The van der Waals surface area contributed by atoms with Crippen molar-refractivity contribution in [1.29, 1.82) is 0 Å². The molecule has 0 radical (unpaired) electrons.